The van der Waals surface area contributed by atoms with E-state index in [1.807, 2.05) is 29.7 Å². The molecule has 2 aromatic carbocycles. The van der Waals surface area contributed by atoms with Gasteiger partial charge in [-0.15, -0.1) is 16.8 Å². The Labute approximate surface area is 225 Å². The summed E-state index contributed by atoms with van der Waals surface area (Å²) in [5, 5.41) is 14.7. The van der Waals surface area contributed by atoms with Crippen LogP contribution in [0.25, 0.3) is 0 Å². The van der Waals surface area contributed by atoms with Gasteiger partial charge >= 0.3 is 0 Å². The van der Waals surface area contributed by atoms with Crippen molar-refractivity contribution >= 4 is 35.2 Å². The Morgan fingerprint density at radius 3 is 2.66 bits per heavy atom. The van der Waals surface area contributed by atoms with Crippen LogP contribution in [-0.2, 0) is 22.6 Å². The Bertz CT molecular complexity index is 1320. The number of benzene rings is 2. The fourth-order valence-corrected chi connectivity index (χ4v) is 4.72. The van der Waals surface area contributed by atoms with Crippen molar-refractivity contribution in [3.63, 3.8) is 0 Å². The summed E-state index contributed by atoms with van der Waals surface area (Å²) in [5.74, 6) is 0.127. The fourth-order valence-electron chi connectivity index (χ4n) is 3.96. The van der Waals surface area contributed by atoms with Gasteiger partial charge in [0, 0.05) is 36.4 Å². The normalized spacial score (nSPS) is 13.1. The number of rotatable bonds is 10. The number of aromatic nitrogens is 3. The van der Waals surface area contributed by atoms with Gasteiger partial charge in [-0.05, 0) is 36.8 Å². The largest absolute Gasteiger partial charge is 0.378 e. The molecule has 0 saturated carbocycles. The lowest BCUT2D eigenvalue weighted by Gasteiger charge is -2.27. The predicted octanol–water partition coefficient (Wildman–Crippen LogP) is 2.91. The molecule has 1 fully saturated rings. The van der Waals surface area contributed by atoms with Gasteiger partial charge < -0.3 is 24.8 Å². The lowest BCUT2D eigenvalue weighted by molar-refractivity contribution is -0.113. The Balaban J connectivity index is 1.34. The minimum atomic E-state index is -0.242. The van der Waals surface area contributed by atoms with E-state index in [1.165, 1.54) is 11.8 Å². The molecule has 0 atom stereocenters. The third-order valence-corrected chi connectivity index (χ3v) is 6.89. The van der Waals surface area contributed by atoms with Crippen molar-refractivity contribution in [1.82, 2.24) is 25.0 Å². The summed E-state index contributed by atoms with van der Waals surface area (Å²) in [7, 11) is 0. The molecule has 3 aromatic rings. The van der Waals surface area contributed by atoms with Crippen LogP contribution < -0.4 is 10.6 Å². The molecule has 11 heteroatoms. The second kappa shape index (κ2) is 13.0. The molecule has 10 nitrogen and oxygen atoms in total. The number of thioether (sulfide) groups is 1. The molecule has 0 aliphatic carbocycles. The van der Waals surface area contributed by atoms with Gasteiger partial charge in [0.25, 0.3) is 11.8 Å². The molecule has 198 valence electrons. The highest BCUT2D eigenvalue weighted by Crippen LogP contribution is 2.19. The number of anilines is 1. The second-order valence-corrected chi connectivity index (χ2v) is 9.56. The lowest BCUT2D eigenvalue weighted by atomic mass is 10.1. The number of ether oxygens (including phenoxy) is 1. The van der Waals surface area contributed by atoms with Gasteiger partial charge in [-0.3, -0.25) is 14.4 Å². The molecular weight excluding hydrogens is 504 g/mol. The van der Waals surface area contributed by atoms with Gasteiger partial charge in [-0.25, -0.2) is 0 Å². The first-order valence-corrected chi connectivity index (χ1v) is 13.2. The maximum Gasteiger partial charge on any atom is 0.254 e. The van der Waals surface area contributed by atoms with Gasteiger partial charge in [0.1, 0.15) is 0 Å². The molecule has 38 heavy (non-hydrogen) atoms. The SMILES string of the molecule is C=CCn1c(CNC(=O)c2ccccc2C)nnc1SCC(=O)Nc1cccc(C(=O)N2CCOCC2)c1. The minimum absolute atomic E-state index is 0.0849. The highest BCUT2D eigenvalue weighted by molar-refractivity contribution is 7.99. The average molecular weight is 535 g/mol. The number of carbonyl (C=O) groups excluding carboxylic acids is 3. The monoisotopic (exact) mass is 534 g/mol. The van der Waals surface area contributed by atoms with Crippen molar-refractivity contribution < 1.29 is 19.1 Å². The zero-order chi connectivity index (χ0) is 26.9. The molecule has 0 spiro atoms. The Kier molecular flexibility index (Phi) is 9.28. The molecule has 3 amide bonds. The van der Waals surface area contributed by atoms with Gasteiger partial charge in [-0.2, -0.15) is 0 Å². The zero-order valence-corrected chi connectivity index (χ0v) is 22.0. The van der Waals surface area contributed by atoms with E-state index >= 15 is 0 Å². The topological polar surface area (TPSA) is 118 Å². The molecule has 2 N–H and O–H groups in total. The first-order chi connectivity index (χ1) is 18.5. The molecule has 0 bridgehead atoms. The van der Waals surface area contributed by atoms with Crippen LogP contribution in [0, 0.1) is 6.92 Å². The van der Waals surface area contributed by atoms with Gasteiger partial charge in [0.15, 0.2) is 11.0 Å². The molecule has 2 heterocycles. The molecule has 1 aliphatic rings. The van der Waals surface area contributed by atoms with E-state index in [9.17, 15) is 14.4 Å². The van der Waals surface area contributed by atoms with Crippen LogP contribution in [0.1, 0.15) is 32.1 Å². The van der Waals surface area contributed by atoms with E-state index in [2.05, 4.69) is 27.4 Å². The number of aryl methyl sites for hydroxylation is 1. The van der Waals surface area contributed by atoms with Crippen molar-refractivity contribution in [2.24, 2.45) is 0 Å². The Morgan fingerprint density at radius 2 is 1.89 bits per heavy atom. The van der Waals surface area contributed by atoms with Crippen molar-refractivity contribution in [3.8, 4) is 0 Å². The molecule has 1 aromatic heterocycles. The first kappa shape index (κ1) is 27.1. The third-order valence-electron chi connectivity index (χ3n) is 5.93. The summed E-state index contributed by atoms with van der Waals surface area (Å²) in [6.07, 6.45) is 1.71. The van der Waals surface area contributed by atoms with Crippen LogP contribution in [0.4, 0.5) is 5.69 Å². The maximum absolute atomic E-state index is 12.7. The van der Waals surface area contributed by atoms with Crippen LogP contribution in [0.5, 0.6) is 0 Å². The fraction of sp³-hybridized carbons (Fsp3) is 0.296. The molecule has 0 unspecified atom stereocenters. The summed E-state index contributed by atoms with van der Waals surface area (Å²) in [4.78, 5) is 39.7. The number of nitrogens with zero attached hydrogens (tertiary/aromatic N) is 4. The standard InChI is InChI=1S/C27H30N6O4S/c1-3-11-33-23(17-28-25(35)22-10-5-4-7-19(22)2)30-31-27(33)38-18-24(34)29-21-9-6-8-20(16-21)26(36)32-12-14-37-15-13-32/h3-10,16H,1,11-15,17-18H2,2H3,(H,28,35)(H,29,34). The Hall–Kier alpha value is -3.96. The smallest absolute Gasteiger partial charge is 0.254 e. The van der Waals surface area contributed by atoms with Gasteiger partial charge in [0.2, 0.25) is 5.91 Å². The van der Waals surface area contributed by atoms with Crippen LogP contribution in [0.15, 0.2) is 66.3 Å². The number of morpholine rings is 1. The van der Waals surface area contributed by atoms with Crippen LogP contribution >= 0.6 is 11.8 Å². The number of carbonyl (C=O) groups is 3. The van der Waals surface area contributed by atoms with Crippen molar-refractivity contribution in [1.29, 1.82) is 0 Å². The van der Waals surface area contributed by atoms with E-state index in [0.717, 1.165) is 5.56 Å². The van der Waals surface area contributed by atoms with E-state index in [-0.39, 0.29) is 30.0 Å². The van der Waals surface area contributed by atoms with Crippen molar-refractivity contribution in [3.05, 3.63) is 83.7 Å². The molecule has 1 aliphatic heterocycles. The zero-order valence-electron chi connectivity index (χ0n) is 21.2. The number of allylic oxidation sites excluding steroid dienone is 1. The van der Waals surface area contributed by atoms with Crippen LogP contribution in [-0.4, -0.2) is 69.4 Å². The molecule has 0 radical (unpaired) electrons. The highest BCUT2D eigenvalue weighted by Gasteiger charge is 2.19. The molecule has 1 saturated heterocycles. The molecular formula is C27H30N6O4S. The van der Waals surface area contributed by atoms with Crippen molar-refractivity contribution in [2.75, 3.05) is 37.4 Å². The van der Waals surface area contributed by atoms with Gasteiger partial charge in [0.05, 0.1) is 25.5 Å². The second-order valence-electron chi connectivity index (χ2n) is 8.62. The summed E-state index contributed by atoms with van der Waals surface area (Å²) in [6, 6.07) is 14.3. The van der Waals surface area contributed by atoms with Gasteiger partial charge in [-0.1, -0.05) is 42.1 Å². The van der Waals surface area contributed by atoms with E-state index < -0.39 is 0 Å². The minimum Gasteiger partial charge on any atom is -0.378 e. The average Bonchev–Trinajstić information content (AvgIpc) is 3.32. The predicted molar refractivity (Wildman–Crippen MR) is 145 cm³/mol. The summed E-state index contributed by atoms with van der Waals surface area (Å²) in [5.41, 5.74) is 2.54. The van der Waals surface area contributed by atoms with E-state index in [4.69, 9.17) is 4.74 Å². The third kappa shape index (κ3) is 6.87. The number of hydrogen-bond donors (Lipinski definition) is 2. The molecule has 4 rings (SSSR count). The Morgan fingerprint density at radius 1 is 1.11 bits per heavy atom. The maximum atomic E-state index is 12.7. The quantitative estimate of drug-likeness (QED) is 0.303. The number of amides is 3. The number of nitrogens with one attached hydrogen (secondary N) is 2. The highest BCUT2D eigenvalue weighted by atomic mass is 32.2. The van der Waals surface area contributed by atoms with Crippen LogP contribution in [0.3, 0.4) is 0 Å². The lowest BCUT2D eigenvalue weighted by Crippen LogP contribution is -2.40. The first-order valence-electron chi connectivity index (χ1n) is 12.2. The van der Waals surface area contributed by atoms with Crippen molar-refractivity contribution in [2.45, 2.75) is 25.2 Å². The number of hydrogen-bond acceptors (Lipinski definition) is 7. The summed E-state index contributed by atoms with van der Waals surface area (Å²) in [6.45, 7) is 8.44. The van der Waals surface area contributed by atoms with Crippen LogP contribution in [0.2, 0.25) is 0 Å². The summed E-state index contributed by atoms with van der Waals surface area (Å²) >= 11 is 1.23. The van der Waals surface area contributed by atoms with E-state index in [1.54, 1.807) is 41.3 Å². The van der Waals surface area contributed by atoms with E-state index in [0.29, 0.717) is 60.6 Å². The summed E-state index contributed by atoms with van der Waals surface area (Å²) < 4.78 is 7.12.